The highest BCUT2D eigenvalue weighted by molar-refractivity contribution is 5.77. The molecule has 2 heterocycles. The predicted octanol–water partition coefficient (Wildman–Crippen LogP) is 2.32. The summed E-state index contributed by atoms with van der Waals surface area (Å²) in [4.78, 5) is 16.2. The normalized spacial score (nSPS) is 10.5. The van der Waals surface area contributed by atoms with E-state index in [4.69, 9.17) is 4.74 Å². The monoisotopic (exact) mass is 340 g/mol. The van der Waals surface area contributed by atoms with Gasteiger partial charge in [-0.3, -0.25) is 14.5 Å². The summed E-state index contributed by atoms with van der Waals surface area (Å²) in [5, 5.41) is 6.81. The van der Waals surface area contributed by atoms with Gasteiger partial charge in [0.15, 0.2) is 18.2 Å². The molecule has 0 unspecified atom stereocenters. The second kappa shape index (κ2) is 7.57. The van der Waals surface area contributed by atoms with Crippen LogP contribution in [0, 0.1) is 5.82 Å². The molecule has 1 N–H and O–H groups in total. The number of hydrogen-bond donors (Lipinski definition) is 1. The molecule has 6 nitrogen and oxygen atoms in total. The van der Waals surface area contributed by atoms with Crippen molar-refractivity contribution < 1.29 is 13.9 Å². The zero-order chi connectivity index (χ0) is 17.6. The zero-order valence-corrected chi connectivity index (χ0v) is 13.6. The molecule has 1 aromatic carbocycles. The third-order valence-electron chi connectivity index (χ3n) is 3.51. The summed E-state index contributed by atoms with van der Waals surface area (Å²) in [5.41, 5.74) is 2.59. The van der Waals surface area contributed by atoms with Crippen molar-refractivity contribution in [1.82, 2.24) is 20.1 Å². The fourth-order valence-corrected chi connectivity index (χ4v) is 2.21. The highest BCUT2D eigenvalue weighted by Crippen LogP contribution is 2.16. The molecule has 3 rings (SSSR count). The van der Waals surface area contributed by atoms with Crippen LogP contribution in [0.4, 0.5) is 4.39 Å². The van der Waals surface area contributed by atoms with Gasteiger partial charge in [-0.05, 0) is 23.8 Å². The van der Waals surface area contributed by atoms with Gasteiger partial charge in [-0.2, -0.15) is 5.10 Å². The Kier molecular flexibility index (Phi) is 5.03. The molecule has 0 aliphatic rings. The Balaban J connectivity index is 1.49. The molecule has 0 saturated carbocycles. The van der Waals surface area contributed by atoms with Gasteiger partial charge in [0.25, 0.3) is 5.91 Å². The second-order valence-electron chi connectivity index (χ2n) is 5.45. The number of nitrogens with one attached hydrogen (secondary N) is 1. The van der Waals surface area contributed by atoms with Gasteiger partial charge in [-0.25, -0.2) is 4.39 Å². The minimum atomic E-state index is -0.495. The van der Waals surface area contributed by atoms with Crippen LogP contribution in [0.3, 0.4) is 0 Å². The topological polar surface area (TPSA) is 69.0 Å². The second-order valence-corrected chi connectivity index (χ2v) is 5.45. The lowest BCUT2D eigenvalue weighted by atomic mass is 10.2. The van der Waals surface area contributed by atoms with E-state index in [0.717, 1.165) is 16.8 Å². The Bertz CT molecular complexity index is 862. The molecule has 0 fully saturated rings. The van der Waals surface area contributed by atoms with Gasteiger partial charge in [-0.1, -0.05) is 18.2 Å². The molecule has 3 aromatic rings. The predicted molar refractivity (Wildman–Crippen MR) is 90.2 cm³/mol. The fraction of sp³-hybridized carbons (Fsp3) is 0.167. The number of rotatable bonds is 6. The maximum Gasteiger partial charge on any atom is 0.258 e. The van der Waals surface area contributed by atoms with Crippen LogP contribution in [0.2, 0.25) is 0 Å². The minimum absolute atomic E-state index is 0.0557. The number of aromatic nitrogens is 3. The van der Waals surface area contributed by atoms with Gasteiger partial charge in [0, 0.05) is 31.5 Å². The molecule has 2 aromatic heterocycles. The molecule has 0 saturated heterocycles. The van der Waals surface area contributed by atoms with E-state index >= 15 is 0 Å². The van der Waals surface area contributed by atoms with Crippen molar-refractivity contribution in [2.45, 2.75) is 6.54 Å². The maximum atomic E-state index is 13.4. The molecule has 1 amide bonds. The smallest absolute Gasteiger partial charge is 0.258 e. The number of aryl methyl sites for hydroxylation is 1. The Morgan fingerprint density at radius 1 is 1.24 bits per heavy atom. The lowest BCUT2D eigenvalue weighted by Crippen LogP contribution is -2.28. The van der Waals surface area contributed by atoms with Gasteiger partial charge in [0.05, 0.1) is 11.9 Å². The van der Waals surface area contributed by atoms with Crippen molar-refractivity contribution in [1.29, 1.82) is 0 Å². The number of halogens is 1. The molecule has 0 bridgehead atoms. The lowest BCUT2D eigenvalue weighted by Gasteiger charge is -2.08. The molecule has 0 spiro atoms. The van der Waals surface area contributed by atoms with Crippen LogP contribution < -0.4 is 10.1 Å². The van der Waals surface area contributed by atoms with E-state index < -0.39 is 5.82 Å². The maximum absolute atomic E-state index is 13.4. The number of pyridine rings is 1. The van der Waals surface area contributed by atoms with Crippen LogP contribution in [0.5, 0.6) is 5.75 Å². The largest absolute Gasteiger partial charge is 0.481 e. The van der Waals surface area contributed by atoms with Gasteiger partial charge in [-0.15, -0.1) is 0 Å². The van der Waals surface area contributed by atoms with Gasteiger partial charge < -0.3 is 10.1 Å². The van der Waals surface area contributed by atoms with Crippen LogP contribution in [-0.4, -0.2) is 27.3 Å². The van der Waals surface area contributed by atoms with E-state index in [9.17, 15) is 9.18 Å². The number of ether oxygens (including phenoxy) is 1. The van der Waals surface area contributed by atoms with Crippen molar-refractivity contribution in [3.8, 4) is 17.0 Å². The summed E-state index contributed by atoms with van der Waals surface area (Å²) in [6, 6.07) is 9.71. The van der Waals surface area contributed by atoms with Crippen molar-refractivity contribution >= 4 is 5.91 Å². The first-order valence-corrected chi connectivity index (χ1v) is 7.70. The minimum Gasteiger partial charge on any atom is -0.481 e. The van der Waals surface area contributed by atoms with E-state index in [0.29, 0.717) is 6.54 Å². The van der Waals surface area contributed by atoms with Crippen LogP contribution in [-0.2, 0) is 18.4 Å². The molecule has 25 heavy (non-hydrogen) atoms. The average Bonchev–Trinajstić information content (AvgIpc) is 3.06. The van der Waals surface area contributed by atoms with E-state index in [1.807, 2.05) is 25.4 Å². The van der Waals surface area contributed by atoms with Crippen molar-refractivity contribution in [2.24, 2.45) is 7.05 Å². The Morgan fingerprint density at radius 2 is 2.08 bits per heavy atom. The van der Waals surface area contributed by atoms with Crippen LogP contribution >= 0.6 is 0 Å². The molecular weight excluding hydrogens is 323 g/mol. The average molecular weight is 340 g/mol. The lowest BCUT2D eigenvalue weighted by molar-refractivity contribution is -0.123. The number of nitrogens with zero attached hydrogens (tertiary/aromatic N) is 3. The standard InChI is InChI=1S/C18H17FN4O2/c1-23-11-14(10-22-23)16-7-6-13(8-20-16)9-21-18(24)12-25-17-5-3-2-4-15(17)19/h2-8,10-11H,9,12H2,1H3,(H,21,24). The summed E-state index contributed by atoms with van der Waals surface area (Å²) in [6.45, 7) is 0.0713. The first kappa shape index (κ1) is 16.6. The summed E-state index contributed by atoms with van der Waals surface area (Å²) in [5.74, 6) is -0.773. The third-order valence-corrected chi connectivity index (χ3v) is 3.51. The summed E-state index contributed by atoms with van der Waals surface area (Å²) < 4.78 is 20.3. The molecule has 0 radical (unpaired) electrons. The number of carbonyl (C=O) groups excluding carboxylic acids is 1. The van der Waals surface area contributed by atoms with E-state index in [1.165, 1.54) is 12.1 Å². The SMILES string of the molecule is Cn1cc(-c2ccc(CNC(=O)COc3ccccc3F)cn2)cn1. The molecule has 0 atom stereocenters. The summed E-state index contributed by atoms with van der Waals surface area (Å²) >= 11 is 0. The first-order valence-electron chi connectivity index (χ1n) is 7.70. The fourth-order valence-electron chi connectivity index (χ4n) is 2.21. The van der Waals surface area contributed by atoms with Crippen LogP contribution in [0.25, 0.3) is 11.3 Å². The number of amides is 1. The van der Waals surface area contributed by atoms with Gasteiger partial charge in [0.1, 0.15) is 0 Å². The Morgan fingerprint density at radius 3 is 2.76 bits per heavy atom. The number of hydrogen-bond acceptors (Lipinski definition) is 4. The third kappa shape index (κ3) is 4.41. The highest BCUT2D eigenvalue weighted by Gasteiger charge is 2.07. The van der Waals surface area contributed by atoms with Crippen molar-refractivity contribution in [3.05, 3.63) is 66.4 Å². The molecule has 0 aliphatic carbocycles. The van der Waals surface area contributed by atoms with Crippen molar-refractivity contribution in [3.63, 3.8) is 0 Å². The van der Waals surface area contributed by atoms with Crippen LogP contribution in [0.1, 0.15) is 5.56 Å². The van der Waals surface area contributed by atoms with Crippen LogP contribution in [0.15, 0.2) is 55.0 Å². The molecular formula is C18H17FN4O2. The zero-order valence-electron chi connectivity index (χ0n) is 13.6. The van der Waals surface area contributed by atoms with E-state index in [1.54, 1.807) is 29.2 Å². The number of para-hydroxylation sites is 1. The van der Waals surface area contributed by atoms with Crippen molar-refractivity contribution in [2.75, 3.05) is 6.61 Å². The van der Waals surface area contributed by atoms with Gasteiger partial charge >= 0.3 is 0 Å². The Labute approximate surface area is 144 Å². The molecule has 7 heteroatoms. The Hall–Kier alpha value is -3.22. The summed E-state index contributed by atoms with van der Waals surface area (Å²) in [6.07, 6.45) is 5.31. The van der Waals surface area contributed by atoms with E-state index in [2.05, 4.69) is 15.4 Å². The van der Waals surface area contributed by atoms with E-state index in [-0.39, 0.29) is 18.3 Å². The first-order chi connectivity index (χ1) is 12.1. The quantitative estimate of drug-likeness (QED) is 0.748. The number of benzene rings is 1. The molecule has 128 valence electrons. The highest BCUT2D eigenvalue weighted by atomic mass is 19.1. The van der Waals surface area contributed by atoms with Gasteiger partial charge in [0.2, 0.25) is 0 Å². The molecule has 0 aliphatic heterocycles. The number of carbonyl (C=O) groups is 1. The summed E-state index contributed by atoms with van der Waals surface area (Å²) in [7, 11) is 1.84.